The quantitative estimate of drug-likeness (QED) is 0.730. The lowest BCUT2D eigenvalue weighted by Gasteiger charge is -2.32. The summed E-state index contributed by atoms with van der Waals surface area (Å²) in [6, 6.07) is 8.53. The fraction of sp³-hybridized carbons (Fsp3) is 0.545. The van der Waals surface area contributed by atoms with E-state index in [0.717, 1.165) is 35.9 Å². The molecule has 1 atom stereocenters. The van der Waals surface area contributed by atoms with Gasteiger partial charge in [0.1, 0.15) is 17.6 Å². The van der Waals surface area contributed by atoms with Gasteiger partial charge in [-0.05, 0) is 63.8 Å². The van der Waals surface area contributed by atoms with Gasteiger partial charge in [-0.3, -0.25) is 4.79 Å². The molecule has 3 rings (SSSR count). The molecule has 1 aliphatic rings. The van der Waals surface area contributed by atoms with Crippen molar-refractivity contribution in [2.75, 3.05) is 26.7 Å². The highest BCUT2D eigenvalue weighted by Crippen LogP contribution is 2.17. The van der Waals surface area contributed by atoms with Gasteiger partial charge < -0.3 is 19.5 Å². The first-order chi connectivity index (χ1) is 13.6. The van der Waals surface area contributed by atoms with Crippen LogP contribution in [0.4, 0.5) is 0 Å². The van der Waals surface area contributed by atoms with Gasteiger partial charge in [-0.15, -0.1) is 0 Å². The van der Waals surface area contributed by atoms with Crippen molar-refractivity contribution in [1.29, 1.82) is 0 Å². The molecule has 2 heterocycles. The van der Waals surface area contributed by atoms with Crippen LogP contribution in [-0.2, 0) is 11.2 Å². The van der Waals surface area contributed by atoms with Crippen LogP contribution in [0.2, 0.25) is 0 Å². The normalized spacial score (nSPS) is 16.0. The number of carbonyl (C=O) groups excluding carboxylic acids is 1. The van der Waals surface area contributed by atoms with E-state index in [9.17, 15) is 4.79 Å². The molecule has 1 amide bonds. The van der Waals surface area contributed by atoms with Crippen molar-refractivity contribution in [3.8, 4) is 5.75 Å². The zero-order chi connectivity index (χ0) is 19.9. The first-order valence-electron chi connectivity index (χ1n) is 10.3. The van der Waals surface area contributed by atoms with Crippen LogP contribution >= 0.6 is 0 Å². The fourth-order valence-corrected chi connectivity index (χ4v) is 4.09. The summed E-state index contributed by atoms with van der Waals surface area (Å²) in [5.41, 5.74) is 3.17. The van der Waals surface area contributed by atoms with Gasteiger partial charge in [-0.1, -0.05) is 5.16 Å². The summed E-state index contributed by atoms with van der Waals surface area (Å²) in [6.45, 7) is 6.79. The van der Waals surface area contributed by atoms with Crippen molar-refractivity contribution >= 4 is 5.91 Å². The summed E-state index contributed by atoms with van der Waals surface area (Å²) < 4.78 is 10.5. The number of carbonyl (C=O) groups is 1. The minimum Gasteiger partial charge on any atom is -0.497 e. The maximum Gasteiger partial charge on any atom is 0.220 e. The van der Waals surface area contributed by atoms with Gasteiger partial charge in [0.15, 0.2) is 0 Å². The molecule has 1 fully saturated rings. The van der Waals surface area contributed by atoms with Crippen LogP contribution in [0, 0.1) is 13.8 Å². The predicted molar refractivity (Wildman–Crippen MR) is 108 cm³/mol. The van der Waals surface area contributed by atoms with Crippen LogP contribution in [0.15, 0.2) is 28.8 Å². The number of piperidine rings is 1. The molecule has 1 aromatic heterocycles. The van der Waals surface area contributed by atoms with Gasteiger partial charge >= 0.3 is 0 Å². The maximum absolute atomic E-state index is 12.5. The van der Waals surface area contributed by atoms with Crippen LogP contribution in [0.1, 0.15) is 54.3 Å². The summed E-state index contributed by atoms with van der Waals surface area (Å²) in [6.07, 6.45) is 4.93. The number of nitrogens with one attached hydrogen (secondary N) is 2. The van der Waals surface area contributed by atoms with E-state index in [0.29, 0.717) is 19.4 Å². The Morgan fingerprint density at radius 1 is 1.21 bits per heavy atom. The Hall–Kier alpha value is -2.34. The fourth-order valence-electron chi connectivity index (χ4n) is 4.09. The molecular weight excluding hydrogens is 354 g/mol. The lowest BCUT2D eigenvalue weighted by atomic mass is 10.0. The summed E-state index contributed by atoms with van der Waals surface area (Å²) in [5, 5.41) is 7.13. The molecule has 6 nitrogen and oxygen atoms in total. The van der Waals surface area contributed by atoms with Crippen LogP contribution < -0.4 is 15.0 Å². The van der Waals surface area contributed by atoms with Gasteiger partial charge in [-0.2, -0.15) is 0 Å². The number of aryl methyl sites for hydroxylation is 2. The summed E-state index contributed by atoms with van der Waals surface area (Å²) in [7, 11) is 1.68. The van der Waals surface area contributed by atoms with Crippen molar-refractivity contribution in [2.24, 2.45) is 0 Å². The van der Waals surface area contributed by atoms with Gasteiger partial charge in [0.2, 0.25) is 5.91 Å². The molecule has 6 heteroatoms. The molecule has 2 aromatic rings. The van der Waals surface area contributed by atoms with Gasteiger partial charge in [-0.25, -0.2) is 0 Å². The zero-order valence-corrected chi connectivity index (χ0v) is 17.2. The van der Waals surface area contributed by atoms with Crippen LogP contribution in [0.25, 0.3) is 0 Å². The Balaban J connectivity index is 1.61. The minimum absolute atomic E-state index is 0.0786. The Kier molecular flexibility index (Phi) is 7.09. The highest BCUT2D eigenvalue weighted by Gasteiger charge is 2.26. The summed E-state index contributed by atoms with van der Waals surface area (Å²) >= 11 is 0. The van der Waals surface area contributed by atoms with Gasteiger partial charge in [0, 0.05) is 17.5 Å². The van der Waals surface area contributed by atoms with Crippen molar-refractivity contribution in [1.82, 2.24) is 10.5 Å². The molecule has 0 saturated carbocycles. The average Bonchev–Trinajstić information content (AvgIpc) is 3.05. The second-order valence-corrected chi connectivity index (χ2v) is 7.65. The van der Waals surface area contributed by atoms with E-state index in [2.05, 4.69) is 22.6 Å². The maximum atomic E-state index is 12.5. The Morgan fingerprint density at radius 3 is 2.54 bits per heavy atom. The third-order valence-electron chi connectivity index (χ3n) is 5.79. The number of hydrogen-bond donors (Lipinski definition) is 2. The molecule has 0 spiro atoms. The highest BCUT2D eigenvalue weighted by atomic mass is 16.5. The van der Waals surface area contributed by atoms with Gasteiger partial charge in [0.25, 0.3) is 0 Å². The lowest BCUT2D eigenvalue weighted by molar-refractivity contribution is -0.935. The molecule has 2 N–H and O–H groups in total. The molecule has 28 heavy (non-hydrogen) atoms. The highest BCUT2D eigenvalue weighted by molar-refractivity contribution is 5.76. The number of nitrogens with zero attached hydrogens (tertiary/aromatic N) is 1. The smallest absolute Gasteiger partial charge is 0.220 e. The molecule has 1 aliphatic heterocycles. The second kappa shape index (κ2) is 9.73. The lowest BCUT2D eigenvalue weighted by Crippen LogP contribution is -3.13. The number of methoxy groups -OCH3 is 1. The van der Waals surface area contributed by atoms with Crippen LogP contribution in [-0.4, -0.2) is 37.8 Å². The average molecular weight is 387 g/mol. The van der Waals surface area contributed by atoms with E-state index < -0.39 is 0 Å². The number of likely N-dealkylation sites (tertiary alicyclic amines) is 1. The predicted octanol–water partition coefficient (Wildman–Crippen LogP) is 2.16. The molecule has 1 saturated heterocycles. The molecule has 0 aliphatic carbocycles. The number of quaternary nitrogens is 1. The minimum atomic E-state index is 0.0786. The first-order valence-corrected chi connectivity index (χ1v) is 10.3. The standard InChI is InChI=1S/C22H31N3O3/c1-16-20(17(2)28-24-16)11-12-22(26)23-15-21(25-13-5-4-6-14-25)18-7-9-19(27-3)10-8-18/h7-10,21H,4-6,11-15H2,1-3H3,(H,23,26)/p+1/t21-/m1/s1. The number of benzene rings is 1. The summed E-state index contributed by atoms with van der Waals surface area (Å²) in [5.74, 6) is 1.74. The molecule has 0 unspecified atom stereocenters. The topological polar surface area (TPSA) is 68.8 Å². The third-order valence-corrected chi connectivity index (χ3v) is 5.79. The number of hydrogen-bond acceptors (Lipinski definition) is 4. The molecule has 1 aromatic carbocycles. The first kappa shape index (κ1) is 20.4. The van der Waals surface area contributed by atoms with Crippen molar-refractivity contribution < 1.29 is 19.0 Å². The van der Waals surface area contributed by atoms with Crippen LogP contribution in [0.5, 0.6) is 5.75 Å². The molecule has 0 radical (unpaired) electrons. The monoisotopic (exact) mass is 386 g/mol. The summed E-state index contributed by atoms with van der Waals surface area (Å²) in [4.78, 5) is 14.0. The van der Waals surface area contributed by atoms with Crippen LogP contribution in [0.3, 0.4) is 0 Å². The molecule has 152 valence electrons. The number of rotatable bonds is 8. The molecular formula is C22H32N3O3+. The van der Waals surface area contributed by atoms with E-state index >= 15 is 0 Å². The van der Waals surface area contributed by atoms with Crippen molar-refractivity contribution in [3.63, 3.8) is 0 Å². The Labute approximate surface area is 167 Å². The second-order valence-electron chi connectivity index (χ2n) is 7.65. The SMILES string of the molecule is COc1ccc([C@@H](CNC(=O)CCc2c(C)noc2C)[NH+]2CCCCC2)cc1. The number of aromatic nitrogens is 1. The van der Waals surface area contributed by atoms with E-state index in [-0.39, 0.29) is 11.9 Å². The zero-order valence-electron chi connectivity index (χ0n) is 17.2. The third kappa shape index (κ3) is 5.13. The van der Waals surface area contributed by atoms with E-state index in [1.807, 2.05) is 26.0 Å². The van der Waals surface area contributed by atoms with Crippen molar-refractivity contribution in [2.45, 2.75) is 52.0 Å². The van der Waals surface area contributed by atoms with Gasteiger partial charge in [0.05, 0.1) is 32.4 Å². The Bertz CT molecular complexity index is 744. The largest absolute Gasteiger partial charge is 0.497 e. The molecule has 0 bridgehead atoms. The van der Waals surface area contributed by atoms with Crippen molar-refractivity contribution in [3.05, 3.63) is 46.8 Å². The number of ether oxygens (including phenoxy) is 1. The van der Waals surface area contributed by atoms with E-state index in [4.69, 9.17) is 9.26 Å². The van der Waals surface area contributed by atoms with E-state index in [1.165, 1.54) is 24.8 Å². The number of amides is 1. The van der Waals surface area contributed by atoms with E-state index in [1.54, 1.807) is 12.0 Å². The Morgan fingerprint density at radius 2 is 1.93 bits per heavy atom.